The van der Waals surface area contributed by atoms with Crippen molar-refractivity contribution in [2.75, 3.05) is 33.2 Å². The van der Waals surface area contributed by atoms with Crippen LogP contribution in [0.15, 0.2) is 0 Å². The summed E-state index contributed by atoms with van der Waals surface area (Å²) in [5.41, 5.74) is 0. The number of rotatable bonds is 6. The van der Waals surface area contributed by atoms with Gasteiger partial charge in [0.25, 0.3) is 0 Å². The summed E-state index contributed by atoms with van der Waals surface area (Å²) in [5.74, 6) is 0. The van der Waals surface area contributed by atoms with E-state index in [9.17, 15) is 0 Å². The molecule has 2 fully saturated rings. The lowest BCUT2D eigenvalue weighted by atomic mass is 10.1. The second-order valence-corrected chi connectivity index (χ2v) is 6.16. The Morgan fingerprint density at radius 2 is 1.94 bits per heavy atom. The van der Waals surface area contributed by atoms with Crippen molar-refractivity contribution in [1.29, 1.82) is 0 Å². The lowest BCUT2D eigenvalue weighted by Crippen LogP contribution is -2.44. The Morgan fingerprint density at radius 3 is 2.67 bits per heavy atom. The number of hydrogen-bond acceptors (Lipinski definition) is 3. The minimum absolute atomic E-state index is 0.687. The fourth-order valence-electron chi connectivity index (χ4n) is 3.54. The summed E-state index contributed by atoms with van der Waals surface area (Å²) in [6, 6.07) is 2.37. The molecule has 2 heterocycles. The SMILES string of the molecule is CCCNC(CC)CN1CCC2CCC(C1)N2C. The van der Waals surface area contributed by atoms with Crippen molar-refractivity contribution in [1.82, 2.24) is 15.1 Å². The number of nitrogens with one attached hydrogen (secondary N) is 1. The van der Waals surface area contributed by atoms with Crippen LogP contribution in [0.5, 0.6) is 0 Å². The highest BCUT2D eigenvalue weighted by molar-refractivity contribution is 4.91. The Balaban J connectivity index is 1.82. The molecule has 2 aliphatic rings. The third-order valence-electron chi connectivity index (χ3n) is 4.89. The van der Waals surface area contributed by atoms with E-state index in [0.29, 0.717) is 6.04 Å². The van der Waals surface area contributed by atoms with E-state index in [4.69, 9.17) is 0 Å². The molecule has 106 valence electrons. The molecule has 0 aromatic carbocycles. The van der Waals surface area contributed by atoms with Crippen LogP contribution in [-0.4, -0.2) is 61.2 Å². The number of fused-ring (bicyclic) bond motifs is 2. The molecule has 1 N–H and O–H groups in total. The quantitative estimate of drug-likeness (QED) is 0.780. The summed E-state index contributed by atoms with van der Waals surface area (Å²) in [5, 5.41) is 3.69. The van der Waals surface area contributed by atoms with Crippen LogP contribution in [0, 0.1) is 0 Å². The predicted molar refractivity (Wildman–Crippen MR) is 78.0 cm³/mol. The Morgan fingerprint density at radius 1 is 1.17 bits per heavy atom. The van der Waals surface area contributed by atoms with Gasteiger partial charge in [-0.15, -0.1) is 0 Å². The molecule has 0 saturated carbocycles. The van der Waals surface area contributed by atoms with Gasteiger partial charge in [0, 0.05) is 31.2 Å². The molecule has 3 nitrogen and oxygen atoms in total. The summed E-state index contributed by atoms with van der Waals surface area (Å²) in [7, 11) is 2.33. The molecule has 3 heteroatoms. The van der Waals surface area contributed by atoms with Gasteiger partial charge in [-0.1, -0.05) is 13.8 Å². The normalized spacial score (nSPS) is 31.5. The predicted octanol–water partition coefficient (Wildman–Crippen LogP) is 1.93. The minimum Gasteiger partial charge on any atom is -0.313 e. The van der Waals surface area contributed by atoms with E-state index < -0.39 is 0 Å². The average molecular weight is 253 g/mol. The Bertz CT molecular complexity index is 244. The Kier molecular flexibility index (Phi) is 5.46. The average Bonchev–Trinajstić information content (AvgIpc) is 2.62. The highest BCUT2D eigenvalue weighted by atomic mass is 15.3. The molecule has 3 atom stereocenters. The van der Waals surface area contributed by atoms with Crippen molar-refractivity contribution in [3.05, 3.63) is 0 Å². The second kappa shape index (κ2) is 6.88. The van der Waals surface area contributed by atoms with Crippen LogP contribution in [0.2, 0.25) is 0 Å². The molecule has 0 aromatic heterocycles. The topological polar surface area (TPSA) is 18.5 Å². The molecule has 0 spiro atoms. The van der Waals surface area contributed by atoms with E-state index in [2.05, 4.69) is 36.0 Å². The summed E-state index contributed by atoms with van der Waals surface area (Å²) < 4.78 is 0. The van der Waals surface area contributed by atoms with Gasteiger partial charge >= 0.3 is 0 Å². The van der Waals surface area contributed by atoms with Crippen LogP contribution in [-0.2, 0) is 0 Å². The van der Waals surface area contributed by atoms with Crippen molar-refractivity contribution in [3.63, 3.8) is 0 Å². The number of likely N-dealkylation sites (tertiary alicyclic amines) is 1. The zero-order valence-electron chi connectivity index (χ0n) is 12.5. The summed E-state index contributed by atoms with van der Waals surface area (Å²) >= 11 is 0. The van der Waals surface area contributed by atoms with Crippen molar-refractivity contribution in [3.8, 4) is 0 Å². The smallest absolute Gasteiger partial charge is 0.0223 e. The van der Waals surface area contributed by atoms with Crippen molar-refractivity contribution in [2.24, 2.45) is 0 Å². The lowest BCUT2D eigenvalue weighted by Gasteiger charge is -2.29. The van der Waals surface area contributed by atoms with Crippen LogP contribution in [0.4, 0.5) is 0 Å². The number of nitrogens with zero attached hydrogens (tertiary/aromatic N) is 2. The number of likely N-dealkylation sites (N-methyl/N-ethyl adjacent to an activating group) is 1. The fraction of sp³-hybridized carbons (Fsp3) is 1.00. The molecule has 0 aromatic rings. The van der Waals surface area contributed by atoms with Crippen LogP contribution in [0.25, 0.3) is 0 Å². The van der Waals surface area contributed by atoms with E-state index >= 15 is 0 Å². The van der Waals surface area contributed by atoms with E-state index in [1.54, 1.807) is 0 Å². The van der Waals surface area contributed by atoms with Crippen molar-refractivity contribution < 1.29 is 0 Å². The summed E-state index contributed by atoms with van der Waals surface area (Å²) in [6.07, 6.45) is 6.71. The molecular formula is C15H31N3. The van der Waals surface area contributed by atoms with Gasteiger partial charge in [-0.3, -0.25) is 4.90 Å². The van der Waals surface area contributed by atoms with Gasteiger partial charge in [0.15, 0.2) is 0 Å². The van der Waals surface area contributed by atoms with Gasteiger partial charge < -0.3 is 10.2 Å². The van der Waals surface area contributed by atoms with E-state index in [1.165, 1.54) is 51.7 Å². The molecule has 2 bridgehead atoms. The summed E-state index contributed by atoms with van der Waals surface area (Å²) in [4.78, 5) is 5.34. The van der Waals surface area contributed by atoms with Crippen LogP contribution in [0.3, 0.4) is 0 Å². The molecule has 3 unspecified atom stereocenters. The maximum atomic E-state index is 3.69. The van der Waals surface area contributed by atoms with Gasteiger partial charge in [0.05, 0.1) is 0 Å². The highest BCUT2D eigenvalue weighted by Gasteiger charge is 2.34. The molecule has 2 saturated heterocycles. The first-order chi connectivity index (χ1) is 8.74. The van der Waals surface area contributed by atoms with Gasteiger partial charge in [-0.05, 0) is 52.2 Å². The molecule has 2 aliphatic heterocycles. The van der Waals surface area contributed by atoms with E-state index in [-0.39, 0.29) is 0 Å². The summed E-state index contributed by atoms with van der Waals surface area (Å²) in [6.45, 7) is 9.56. The third-order valence-corrected chi connectivity index (χ3v) is 4.89. The molecule has 2 rings (SSSR count). The molecule has 0 amide bonds. The molecule has 0 radical (unpaired) electrons. The van der Waals surface area contributed by atoms with Crippen LogP contribution in [0.1, 0.15) is 46.0 Å². The van der Waals surface area contributed by atoms with Gasteiger partial charge in [0.1, 0.15) is 0 Å². The van der Waals surface area contributed by atoms with Gasteiger partial charge in [-0.25, -0.2) is 0 Å². The lowest BCUT2D eigenvalue weighted by molar-refractivity contribution is 0.203. The van der Waals surface area contributed by atoms with Crippen LogP contribution >= 0.6 is 0 Å². The highest BCUT2D eigenvalue weighted by Crippen LogP contribution is 2.28. The Labute approximate surface area is 113 Å². The minimum atomic E-state index is 0.687. The molecule has 0 aliphatic carbocycles. The second-order valence-electron chi connectivity index (χ2n) is 6.16. The van der Waals surface area contributed by atoms with Crippen molar-refractivity contribution in [2.45, 2.75) is 64.1 Å². The standard InChI is InChI=1S/C15H31N3/c1-4-9-16-13(5-2)11-18-10-8-14-6-7-15(12-18)17(14)3/h13-16H,4-12H2,1-3H3. The molecule has 18 heavy (non-hydrogen) atoms. The largest absolute Gasteiger partial charge is 0.313 e. The van der Waals surface area contributed by atoms with Crippen LogP contribution < -0.4 is 5.32 Å². The maximum absolute atomic E-state index is 3.69. The van der Waals surface area contributed by atoms with Gasteiger partial charge in [0.2, 0.25) is 0 Å². The zero-order valence-corrected chi connectivity index (χ0v) is 12.5. The molecular weight excluding hydrogens is 222 g/mol. The third kappa shape index (κ3) is 3.46. The zero-order chi connectivity index (χ0) is 13.0. The van der Waals surface area contributed by atoms with Gasteiger partial charge in [-0.2, -0.15) is 0 Å². The Hall–Kier alpha value is -0.120. The monoisotopic (exact) mass is 253 g/mol. The van der Waals surface area contributed by atoms with E-state index in [1.807, 2.05) is 0 Å². The maximum Gasteiger partial charge on any atom is 0.0223 e. The van der Waals surface area contributed by atoms with Crippen molar-refractivity contribution >= 4 is 0 Å². The van der Waals surface area contributed by atoms with E-state index in [0.717, 1.165) is 18.6 Å². The first-order valence-corrected chi connectivity index (χ1v) is 7.92. The first-order valence-electron chi connectivity index (χ1n) is 7.92. The first kappa shape index (κ1) is 14.3. The number of hydrogen-bond donors (Lipinski definition) is 1. The fourth-order valence-corrected chi connectivity index (χ4v) is 3.54.